The van der Waals surface area contributed by atoms with Gasteiger partial charge in [-0.3, -0.25) is 4.72 Å². The van der Waals surface area contributed by atoms with Gasteiger partial charge in [0.25, 0.3) is 10.0 Å². The summed E-state index contributed by atoms with van der Waals surface area (Å²) in [6, 6.07) is 18.8. The van der Waals surface area contributed by atoms with Crippen LogP contribution in [0.2, 0.25) is 0 Å². The highest BCUT2D eigenvalue weighted by Gasteiger charge is 2.21. The van der Waals surface area contributed by atoms with E-state index in [1.807, 2.05) is 18.2 Å². The van der Waals surface area contributed by atoms with Gasteiger partial charge in [-0.25, -0.2) is 18.2 Å². The molecule has 0 fully saturated rings. The van der Waals surface area contributed by atoms with Gasteiger partial charge in [0, 0.05) is 17.6 Å². The van der Waals surface area contributed by atoms with Gasteiger partial charge in [0.2, 0.25) is 0 Å². The van der Waals surface area contributed by atoms with Crippen LogP contribution in [0.1, 0.15) is 17.3 Å². The molecule has 2 N–H and O–H groups in total. The highest BCUT2D eigenvalue weighted by molar-refractivity contribution is 7.92. The van der Waals surface area contributed by atoms with Crippen LogP contribution in [0.25, 0.3) is 0 Å². The third-order valence-corrected chi connectivity index (χ3v) is 5.08. The van der Waals surface area contributed by atoms with E-state index in [9.17, 15) is 13.2 Å². The van der Waals surface area contributed by atoms with Crippen LogP contribution in [-0.4, -0.2) is 26.0 Å². The van der Waals surface area contributed by atoms with Crippen LogP contribution >= 0.6 is 0 Å². The molecule has 0 bridgehead atoms. The maximum atomic E-state index is 12.7. The molecule has 0 aliphatic rings. The molecule has 0 unspecified atom stereocenters. The summed E-state index contributed by atoms with van der Waals surface area (Å²) in [6.45, 7) is 1.83. The number of rotatable bonds is 7. The maximum Gasteiger partial charge on any atom is 0.341 e. The Kier molecular flexibility index (Phi) is 5.90. The third-order valence-electron chi connectivity index (χ3n) is 3.73. The molecule has 1 heterocycles. The first-order valence-electron chi connectivity index (χ1n) is 8.56. The predicted molar refractivity (Wildman–Crippen MR) is 107 cm³/mol. The summed E-state index contributed by atoms with van der Waals surface area (Å²) >= 11 is 0. The molecular weight excluding hydrogens is 378 g/mol. The minimum absolute atomic E-state index is 0.0293. The number of carbonyl (C=O) groups is 1. The highest BCUT2D eigenvalue weighted by atomic mass is 32.2. The van der Waals surface area contributed by atoms with Crippen LogP contribution < -0.4 is 10.0 Å². The number of para-hydroxylation sites is 2. The zero-order valence-corrected chi connectivity index (χ0v) is 15.9. The molecule has 1 aromatic heterocycles. The summed E-state index contributed by atoms with van der Waals surface area (Å²) in [5.41, 5.74) is 1.15. The van der Waals surface area contributed by atoms with Crippen molar-refractivity contribution in [3.8, 4) is 0 Å². The minimum atomic E-state index is -3.92. The van der Waals surface area contributed by atoms with Crippen molar-refractivity contribution in [2.45, 2.75) is 11.8 Å². The fourth-order valence-corrected chi connectivity index (χ4v) is 3.46. The fraction of sp³-hybridized carbons (Fsp3) is 0.100. The second kappa shape index (κ2) is 8.53. The monoisotopic (exact) mass is 397 g/mol. The average Bonchev–Trinajstić information content (AvgIpc) is 2.69. The van der Waals surface area contributed by atoms with Gasteiger partial charge in [-0.2, -0.15) is 0 Å². The van der Waals surface area contributed by atoms with Gasteiger partial charge in [0.15, 0.2) is 0 Å². The number of anilines is 3. The summed E-state index contributed by atoms with van der Waals surface area (Å²) < 4.78 is 32.9. The maximum absolute atomic E-state index is 12.7. The second-order valence-corrected chi connectivity index (χ2v) is 7.43. The van der Waals surface area contributed by atoms with Crippen molar-refractivity contribution < 1.29 is 17.9 Å². The smallest absolute Gasteiger partial charge is 0.341 e. The number of esters is 1. The molecule has 0 radical (unpaired) electrons. The Labute approximate surface area is 163 Å². The molecule has 2 aromatic carbocycles. The Morgan fingerprint density at radius 1 is 1.00 bits per heavy atom. The Balaban J connectivity index is 1.97. The molecule has 7 nitrogen and oxygen atoms in total. The molecule has 0 aliphatic heterocycles. The van der Waals surface area contributed by atoms with Gasteiger partial charge >= 0.3 is 5.97 Å². The Morgan fingerprint density at radius 3 is 2.21 bits per heavy atom. The second-order valence-electron chi connectivity index (χ2n) is 5.75. The number of pyridine rings is 1. The molecule has 3 rings (SSSR count). The molecule has 0 atom stereocenters. The highest BCUT2D eigenvalue weighted by Crippen LogP contribution is 2.23. The standard InChI is InChI=1S/C20H19N3O4S/c1-2-27-20(24)18-13-17(28(25,26)23-16-11-7-4-8-12-16)14-21-19(18)22-15-9-5-3-6-10-15/h3-14,23H,2H2,1H3,(H,21,22). The first kappa shape index (κ1) is 19.4. The van der Waals surface area contributed by atoms with E-state index < -0.39 is 16.0 Å². The number of benzene rings is 2. The van der Waals surface area contributed by atoms with Gasteiger partial charge in [-0.1, -0.05) is 36.4 Å². The van der Waals surface area contributed by atoms with Crippen molar-refractivity contribution >= 4 is 33.2 Å². The lowest BCUT2D eigenvalue weighted by Gasteiger charge is -2.13. The first-order valence-corrected chi connectivity index (χ1v) is 10.0. The van der Waals surface area contributed by atoms with Gasteiger partial charge in [-0.05, 0) is 37.3 Å². The van der Waals surface area contributed by atoms with E-state index >= 15 is 0 Å². The first-order chi connectivity index (χ1) is 13.5. The Bertz CT molecular complexity index is 1060. The van der Waals surface area contributed by atoms with Gasteiger partial charge in [0.05, 0.1) is 6.61 Å². The van der Waals surface area contributed by atoms with Crippen LogP contribution in [0.4, 0.5) is 17.2 Å². The minimum Gasteiger partial charge on any atom is -0.462 e. The number of nitrogens with zero attached hydrogens (tertiary/aromatic N) is 1. The van der Waals surface area contributed by atoms with Crippen LogP contribution in [0.15, 0.2) is 77.8 Å². The molecule has 0 saturated carbocycles. The summed E-state index contributed by atoms with van der Waals surface area (Å²) in [6.07, 6.45) is 1.19. The van der Waals surface area contributed by atoms with Crippen molar-refractivity contribution in [2.75, 3.05) is 16.6 Å². The summed E-state index contributed by atoms with van der Waals surface area (Å²) in [7, 11) is -3.92. The van der Waals surface area contributed by atoms with Crippen molar-refractivity contribution in [3.05, 3.63) is 78.5 Å². The summed E-state index contributed by atoms with van der Waals surface area (Å²) in [4.78, 5) is 16.4. The van der Waals surface area contributed by atoms with Gasteiger partial charge in [0.1, 0.15) is 16.3 Å². The molecule has 144 valence electrons. The van der Waals surface area contributed by atoms with Gasteiger partial charge < -0.3 is 10.1 Å². The lowest BCUT2D eigenvalue weighted by atomic mass is 10.2. The quantitative estimate of drug-likeness (QED) is 0.589. The number of sulfonamides is 1. The molecule has 28 heavy (non-hydrogen) atoms. The van der Waals surface area contributed by atoms with Gasteiger partial charge in [-0.15, -0.1) is 0 Å². The Morgan fingerprint density at radius 2 is 1.61 bits per heavy atom. The van der Waals surface area contributed by atoms with Crippen LogP contribution in [-0.2, 0) is 14.8 Å². The third kappa shape index (κ3) is 4.66. The normalized spacial score (nSPS) is 10.9. The summed E-state index contributed by atoms with van der Waals surface area (Å²) in [5.74, 6) is -0.450. The van der Waals surface area contributed by atoms with Crippen molar-refractivity contribution in [1.29, 1.82) is 0 Å². The van der Waals surface area contributed by atoms with Crippen molar-refractivity contribution in [3.63, 3.8) is 0 Å². The lowest BCUT2D eigenvalue weighted by Crippen LogP contribution is -2.16. The number of ether oxygens (including phenoxy) is 1. The summed E-state index contributed by atoms with van der Waals surface area (Å²) in [5, 5.41) is 3.01. The number of hydrogen-bond donors (Lipinski definition) is 2. The number of aromatic nitrogens is 1. The average molecular weight is 397 g/mol. The molecule has 3 aromatic rings. The van der Waals surface area contributed by atoms with E-state index in [4.69, 9.17) is 4.74 Å². The lowest BCUT2D eigenvalue weighted by molar-refractivity contribution is 0.0527. The van der Waals surface area contributed by atoms with E-state index in [1.54, 1.807) is 49.4 Å². The SMILES string of the molecule is CCOC(=O)c1cc(S(=O)(=O)Nc2ccccc2)cnc1Nc1ccccc1. The van der Waals surface area contributed by atoms with E-state index in [0.29, 0.717) is 11.4 Å². The van der Waals surface area contributed by atoms with Crippen LogP contribution in [0.3, 0.4) is 0 Å². The molecular formula is C20H19N3O4S. The number of carbonyl (C=O) groups excluding carboxylic acids is 1. The predicted octanol–water partition coefficient (Wildman–Crippen LogP) is 3.80. The molecule has 0 spiro atoms. The van der Waals surface area contributed by atoms with E-state index in [0.717, 1.165) is 0 Å². The Hall–Kier alpha value is -3.39. The molecule has 0 saturated heterocycles. The molecule has 8 heteroatoms. The van der Waals surface area contributed by atoms with E-state index in [-0.39, 0.29) is 22.9 Å². The zero-order chi connectivity index (χ0) is 20.0. The van der Waals surface area contributed by atoms with E-state index in [1.165, 1.54) is 12.3 Å². The van der Waals surface area contributed by atoms with Crippen LogP contribution in [0, 0.1) is 0 Å². The largest absolute Gasteiger partial charge is 0.462 e. The topological polar surface area (TPSA) is 97.4 Å². The van der Waals surface area contributed by atoms with Crippen molar-refractivity contribution in [1.82, 2.24) is 4.98 Å². The zero-order valence-electron chi connectivity index (χ0n) is 15.1. The van der Waals surface area contributed by atoms with E-state index in [2.05, 4.69) is 15.0 Å². The number of hydrogen-bond acceptors (Lipinski definition) is 6. The molecule has 0 aliphatic carbocycles. The van der Waals surface area contributed by atoms with Crippen molar-refractivity contribution in [2.24, 2.45) is 0 Å². The van der Waals surface area contributed by atoms with Crippen LogP contribution in [0.5, 0.6) is 0 Å². The number of nitrogens with one attached hydrogen (secondary N) is 2. The fourth-order valence-electron chi connectivity index (χ4n) is 2.44. The molecule has 0 amide bonds.